The van der Waals surface area contributed by atoms with Crippen molar-refractivity contribution < 1.29 is 32.3 Å². The lowest BCUT2D eigenvalue weighted by atomic mass is 10.0. The van der Waals surface area contributed by atoms with Crippen molar-refractivity contribution in [3.63, 3.8) is 0 Å². The van der Waals surface area contributed by atoms with Gasteiger partial charge in [-0.25, -0.2) is 13.2 Å². The number of nitrogens with one attached hydrogen (secondary N) is 1. The maximum Gasteiger partial charge on any atom is 0.408 e. The van der Waals surface area contributed by atoms with Crippen molar-refractivity contribution in [2.75, 3.05) is 28.9 Å². The molecule has 224 valence electrons. The third-order valence-corrected chi connectivity index (χ3v) is 8.03. The fraction of sp³-hybridized carbons (Fsp3) is 0.367. The van der Waals surface area contributed by atoms with Crippen LogP contribution < -0.4 is 19.9 Å². The molecule has 1 aliphatic heterocycles. The number of methoxy groups -OCH3 is 1. The van der Waals surface area contributed by atoms with Crippen LogP contribution in [0.25, 0.3) is 10.8 Å². The van der Waals surface area contributed by atoms with Crippen molar-refractivity contribution in [1.29, 1.82) is 0 Å². The summed E-state index contributed by atoms with van der Waals surface area (Å²) in [6.07, 6.45) is 0.125. The highest BCUT2D eigenvalue weighted by atomic mass is 79.9. The fourth-order valence-electron chi connectivity index (χ4n) is 5.05. The second-order valence-corrected chi connectivity index (χ2v) is 14.3. The maximum absolute atomic E-state index is 14.4. The van der Waals surface area contributed by atoms with Gasteiger partial charge in [0, 0.05) is 16.3 Å². The smallest absolute Gasteiger partial charge is 0.408 e. The van der Waals surface area contributed by atoms with Gasteiger partial charge in [-0.05, 0) is 68.8 Å². The Labute approximate surface area is 254 Å². The van der Waals surface area contributed by atoms with Gasteiger partial charge in [-0.2, -0.15) is 0 Å². The first-order chi connectivity index (χ1) is 19.6. The van der Waals surface area contributed by atoms with Gasteiger partial charge in [0.25, 0.3) is 5.91 Å². The molecule has 3 aromatic carbocycles. The number of hydrogen-bond donors (Lipinski definition) is 1. The van der Waals surface area contributed by atoms with Crippen LogP contribution in [0.4, 0.5) is 16.2 Å². The standard InChI is InChI=1S/C30H34BrN3O7S/c1-18-27(32-29(37)41-30(2,3)4)28(36)33(16-22-21-13-12-20(31)15-19(21)11-14-25(22)40-5)23-9-7-8-10-24(23)34(18)26(35)17-42(6,38)39/h7-15,18,27H,16-17H2,1-6H3,(H,32,37)/t18-,27-/m0/s1. The Morgan fingerprint density at radius 3 is 2.33 bits per heavy atom. The van der Waals surface area contributed by atoms with Gasteiger partial charge in [0.1, 0.15) is 23.1 Å². The summed E-state index contributed by atoms with van der Waals surface area (Å²) in [6, 6.07) is 14.0. The molecule has 0 spiro atoms. The number of carbonyl (C=O) groups is 3. The van der Waals surface area contributed by atoms with Crippen molar-refractivity contribution in [3.8, 4) is 5.75 Å². The van der Waals surface area contributed by atoms with Crippen LogP contribution in [-0.2, 0) is 30.7 Å². The molecule has 3 aromatic rings. The minimum Gasteiger partial charge on any atom is -0.496 e. The quantitative estimate of drug-likeness (QED) is 0.403. The number of nitrogens with zero attached hydrogens (tertiary/aromatic N) is 2. The minimum atomic E-state index is -3.71. The van der Waals surface area contributed by atoms with E-state index in [0.29, 0.717) is 22.7 Å². The van der Waals surface area contributed by atoms with E-state index in [1.165, 1.54) is 9.80 Å². The Hall–Kier alpha value is -3.64. The molecule has 4 rings (SSSR count). The molecule has 1 N–H and O–H groups in total. The summed E-state index contributed by atoms with van der Waals surface area (Å²) in [5.74, 6) is -1.46. The van der Waals surface area contributed by atoms with Gasteiger partial charge in [-0.1, -0.05) is 40.2 Å². The van der Waals surface area contributed by atoms with E-state index in [0.717, 1.165) is 21.5 Å². The summed E-state index contributed by atoms with van der Waals surface area (Å²) in [4.78, 5) is 43.7. The number of rotatable bonds is 6. The number of benzene rings is 3. The molecule has 0 saturated carbocycles. The molecule has 0 bridgehead atoms. The number of alkyl carbamates (subject to hydrolysis) is 1. The first-order valence-corrected chi connectivity index (χ1v) is 16.1. The van der Waals surface area contributed by atoms with Crippen molar-refractivity contribution in [3.05, 3.63) is 64.6 Å². The molecule has 1 heterocycles. The Balaban J connectivity index is 1.90. The highest BCUT2D eigenvalue weighted by Gasteiger charge is 2.43. The predicted octanol–water partition coefficient (Wildman–Crippen LogP) is 4.82. The Morgan fingerprint density at radius 2 is 1.71 bits per heavy atom. The van der Waals surface area contributed by atoms with Crippen LogP contribution in [0.3, 0.4) is 0 Å². The number of ether oxygens (including phenoxy) is 2. The molecular weight excluding hydrogens is 626 g/mol. The average Bonchev–Trinajstić information content (AvgIpc) is 2.95. The van der Waals surface area contributed by atoms with E-state index in [4.69, 9.17) is 9.47 Å². The second kappa shape index (κ2) is 11.9. The molecule has 0 saturated heterocycles. The molecule has 42 heavy (non-hydrogen) atoms. The van der Waals surface area contributed by atoms with E-state index in [-0.39, 0.29) is 6.54 Å². The van der Waals surface area contributed by atoms with Crippen molar-refractivity contribution in [1.82, 2.24) is 5.32 Å². The van der Waals surface area contributed by atoms with E-state index >= 15 is 0 Å². The van der Waals surface area contributed by atoms with Crippen molar-refractivity contribution in [2.24, 2.45) is 0 Å². The van der Waals surface area contributed by atoms with Gasteiger partial charge in [0.05, 0.1) is 31.1 Å². The maximum atomic E-state index is 14.4. The van der Waals surface area contributed by atoms with Gasteiger partial charge >= 0.3 is 6.09 Å². The zero-order valence-corrected chi connectivity index (χ0v) is 26.7. The Bertz CT molecular complexity index is 1650. The summed E-state index contributed by atoms with van der Waals surface area (Å²) < 4.78 is 36.3. The van der Waals surface area contributed by atoms with Crippen LogP contribution in [0.1, 0.15) is 33.3 Å². The van der Waals surface area contributed by atoms with Gasteiger partial charge in [0.15, 0.2) is 9.84 Å². The monoisotopic (exact) mass is 659 g/mol. The summed E-state index contributed by atoms with van der Waals surface area (Å²) in [7, 11) is -2.17. The number of amides is 3. The number of para-hydroxylation sites is 2. The lowest BCUT2D eigenvalue weighted by Crippen LogP contribution is -2.58. The number of hydrogen-bond acceptors (Lipinski definition) is 7. The molecule has 10 nitrogen and oxygen atoms in total. The van der Waals surface area contributed by atoms with Crippen LogP contribution in [0.15, 0.2) is 59.1 Å². The normalized spacial score (nSPS) is 17.5. The van der Waals surface area contributed by atoms with Crippen LogP contribution in [0.5, 0.6) is 5.75 Å². The zero-order valence-electron chi connectivity index (χ0n) is 24.3. The summed E-state index contributed by atoms with van der Waals surface area (Å²) >= 11 is 3.50. The molecule has 3 amide bonds. The van der Waals surface area contributed by atoms with Crippen LogP contribution >= 0.6 is 15.9 Å². The largest absolute Gasteiger partial charge is 0.496 e. The number of anilines is 2. The SMILES string of the molecule is COc1ccc2cc(Br)ccc2c1CN1C(=O)[C@@H](NC(=O)OC(C)(C)C)[C@H](C)N(C(=O)CS(C)(=O)=O)c2ccccc21. The highest BCUT2D eigenvalue weighted by molar-refractivity contribution is 9.10. The number of fused-ring (bicyclic) bond motifs is 2. The minimum absolute atomic E-state index is 0.0331. The molecule has 1 aliphatic rings. The van der Waals surface area contributed by atoms with E-state index in [1.54, 1.807) is 59.1 Å². The van der Waals surface area contributed by atoms with Crippen LogP contribution in [-0.4, -0.2) is 63.1 Å². The highest BCUT2D eigenvalue weighted by Crippen LogP contribution is 2.39. The lowest BCUT2D eigenvalue weighted by molar-refractivity contribution is -0.121. The second-order valence-electron chi connectivity index (χ2n) is 11.2. The summed E-state index contributed by atoms with van der Waals surface area (Å²) in [6.45, 7) is 6.71. The van der Waals surface area contributed by atoms with Crippen LogP contribution in [0.2, 0.25) is 0 Å². The summed E-state index contributed by atoms with van der Waals surface area (Å²) in [5.41, 5.74) is 0.577. The number of carbonyl (C=O) groups excluding carboxylic acids is 3. The van der Waals surface area contributed by atoms with E-state index < -0.39 is 51.2 Å². The third kappa shape index (κ3) is 6.87. The van der Waals surface area contributed by atoms with Crippen LogP contribution in [0, 0.1) is 0 Å². The predicted molar refractivity (Wildman–Crippen MR) is 166 cm³/mol. The summed E-state index contributed by atoms with van der Waals surface area (Å²) in [5, 5.41) is 4.42. The van der Waals surface area contributed by atoms with Crippen molar-refractivity contribution >= 4 is 65.8 Å². The molecule has 0 unspecified atom stereocenters. The zero-order chi connectivity index (χ0) is 31.0. The first-order valence-electron chi connectivity index (χ1n) is 13.2. The molecule has 12 heteroatoms. The third-order valence-electron chi connectivity index (χ3n) is 6.77. The Kier molecular flexibility index (Phi) is 8.89. The van der Waals surface area contributed by atoms with E-state index in [9.17, 15) is 22.8 Å². The van der Waals surface area contributed by atoms with Gasteiger partial charge < -0.3 is 24.6 Å². The number of sulfone groups is 1. The van der Waals surface area contributed by atoms with Crippen molar-refractivity contribution in [2.45, 2.75) is 51.9 Å². The first kappa shape index (κ1) is 31.3. The molecule has 2 atom stereocenters. The lowest BCUT2D eigenvalue weighted by Gasteiger charge is -2.32. The molecular formula is C30H34BrN3O7S. The number of halogens is 1. The van der Waals surface area contributed by atoms with Gasteiger partial charge in [0.2, 0.25) is 5.91 Å². The van der Waals surface area contributed by atoms with Gasteiger partial charge in [-0.15, -0.1) is 0 Å². The Morgan fingerprint density at radius 1 is 1.05 bits per heavy atom. The van der Waals surface area contributed by atoms with E-state index in [1.807, 2.05) is 30.3 Å². The average molecular weight is 661 g/mol. The molecule has 0 fully saturated rings. The van der Waals surface area contributed by atoms with Gasteiger partial charge in [-0.3, -0.25) is 9.59 Å². The molecule has 0 aromatic heterocycles. The topological polar surface area (TPSA) is 122 Å². The molecule has 0 aliphatic carbocycles. The molecule has 0 radical (unpaired) electrons. The van der Waals surface area contributed by atoms with E-state index in [2.05, 4.69) is 21.2 Å². The fourth-order valence-corrected chi connectivity index (χ4v) is 6.02.